The van der Waals surface area contributed by atoms with Gasteiger partial charge in [-0.15, -0.1) is 0 Å². The molecule has 3 aromatic rings. The van der Waals surface area contributed by atoms with E-state index in [4.69, 9.17) is 0 Å². The molecule has 0 saturated heterocycles. The number of nitrogens with zero attached hydrogens (tertiary/aromatic N) is 1. The first-order valence-corrected chi connectivity index (χ1v) is 6.63. The zero-order valence-corrected chi connectivity index (χ0v) is 11.8. The van der Waals surface area contributed by atoms with Gasteiger partial charge in [-0.25, -0.2) is 4.79 Å². The Morgan fingerprint density at radius 2 is 2.00 bits per heavy atom. The smallest absolute Gasteiger partial charge is 0.339 e. The molecule has 0 bridgehead atoms. The van der Waals surface area contributed by atoms with Gasteiger partial charge in [0.25, 0.3) is 5.56 Å². The van der Waals surface area contributed by atoms with E-state index >= 15 is 0 Å². The van der Waals surface area contributed by atoms with E-state index in [1.807, 2.05) is 13.0 Å². The Morgan fingerprint density at radius 1 is 1.18 bits per heavy atom. The lowest BCUT2D eigenvalue weighted by atomic mass is 10.1. The van der Waals surface area contributed by atoms with Gasteiger partial charge in [-0.3, -0.25) is 9.78 Å². The number of carboxylic acid groups (broad SMARTS) is 1. The molecule has 0 aliphatic rings. The van der Waals surface area contributed by atoms with Crippen LogP contribution in [0.5, 0.6) is 0 Å². The Hall–Kier alpha value is -3.15. The largest absolute Gasteiger partial charge is 0.478 e. The molecule has 0 aliphatic carbocycles. The summed E-state index contributed by atoms with van der Waals surface area (Å²) in [5, 5.41) is 13.7. The third kappa shape index (κ3) is 2.31. The number of aromatic carboxylic acids is 1. The van der Waals surface area contributed by atoms with Crippen LogP contribution in [0.3, 0.4) is 0 Å². The lowest BCUT2D eigenvalue weighted by molar-refractivity contribution is 0.0697. The first-order valence-electron chi connectivity index (χ1n) is 6.63. The molecule has 0 fully saturated rings. The molecule has 6 nitrogen and oxygen atoms in total. The molecule has 0 unspecified atom stereocenters. The second-order valence-corrected chi connectivity index (χ2v) is 4.86. The van der Waals surface area contributed by atoms with Crippen LogP contribution in [-0.2, 0) is 0 Å². The minimum Gasteiger partial charge on any atom is -0.478 e. The average molecular weight is 295 g/mol. The van der Waals surface area contributed by atoms with Crippen molar-refractivity contribution >= 4 is 28.1 Å². The van der Waals surface area contributed by atoms with Crippen LogP contribution in [0.15, 0.2) is 47.7 Å². The molecule has 1 aromatic carbocycles. The minimum atomic E-state index is -1.05. The van der Waals surface area contributed by atoms with E-state index in [1.54, 1.807) is 24.4 Å². The van der Waals surface area contributed by atoms with Gasteiger partial charge in [0.05, 0.1) is 5.69 Å². The summed E-state index contributed by atoms with van der Waals surface area (Å²) in [7, 11) is 0. The summed E-state index contributed by atoms with van der Waals surface area (Å²) in [6, 6.07) is 6.90. The van der Waals surface area contributed by atoms with Crippen molar-refractivity contribution < 1.29 is 9.90 Å². The van der Waals surface area contributed by atoms with Gasteiger partial charge in [0, 0.05) is 29.7 Å². The van der Waals surface area contributed by atoms with Crippen LogP contribution in [0, 0.1) is 6.92 Å². The number of aromatic amines is 1. The van der Waals surface area contributed by atoms with Gasteiger partial charge < -0.3 is 15.4 Å². The molecule has 3 rings (SSSR count). The van der Waals surface area contributed by atoms with E-state index in [-0.39, 0.29) is 11.1 Å². The Morgan fingerprint density at radius 3 is 2.77 bits per heavy atom. The molecule has 22 heavy (non-hydrogen) atoms. The number of aromatic nitrogens is 2. The van der Waals surface area contributed by atoms with Crippen LogP contribution >= 0.6 is 0 Å². The third-order valence-electron chi connectivity index (χ3n) is 3.54. The Balaban J connectivity index is 2.11. The van der Waals surface area contributed by atoms with Crippen LogP contribution in [0.25, 0.3) is 10.8 Å². The number of aryl methyl sites for hydroxylation is 1. The van der Waals surface area contributed by atoms with E-state index in [2.05, 4.69) is 15.3 Å². The van der Waals surface area contributed by atoms with Crippen molar-refractivity contribution in [2.24, 2.45) is 0 Å². The average Bonchev–Trinajstić information content (AvgIpc) is 2.51. The fraction of sp³-hybridized carbons (Fsp3) is 0.0625. The van der Waals surface area contributed by atoms with E-state index in [0.29, 0.717) is 11.1 Å². The summed E-state index contributed by atoms with van der Waals surface area (Å²) in [4.78, 5) is 29.5. The number of H-pyrrole nitrogens is 1. The number of benzene rings is 1. The number of pyridine rings is 2. The fourth-order valence-electron chi connectivity index (χ4n) is 2.37. The Kier molecular flexibility index (Phi) is 3.34. The van der Waals surface area contributed by atoms with E-state index in [0.717, 1.165) is 16.6 Å². The van der Waals surface area contributed by atoms with Gasteiger partial charge in [-0.05, 0) is 42.1 Å². The van der Waals surface area contributed by atoms with Crippen molar-refractivity contribution in [3.05, 3.63) is 64.3 Å². The van der Waals surface area contributed by atoms with Gasteiger partial charge in [0.1, 0.15) is 5.56 Å². The highest BCUT2D eigenvalue weighted by Crippen LogP contribution is 2.27. The summed E-state index contributed by atoms with van der Waals surface area (Å²) in [5.74, 6) is -1.05. The quantitative estimate of drug-likeness (QED) is 0.690. The maximum absolute atomic E-state index is 11.8. The second kappa shape index (κ2) is 5.33. The fourth-order valence-corrected chi connectivity index (χ4v) is 2.37. The SMILES string of the molecule is Cc1c(Nc2ccncc2C(=O)O)ccc2c(=O)[nH]ccc12. The predicted octanol–water partition coefficient (Wildman–Crippen LogP) is 2.67. The molecule has 6 heteroatoms. The first-order chi connectivity index (χ1) is 10.6. The van der Waals surface area contributed by atoms with E-state index in [1.165, 1.54) is 12.4 Å². The number of hydrogen-bond donors (Lipinski definition) is 3. The van der Waals surface area contributed by atoms with Crippen molar-refractivity contribution in [2.75, 3.05) is 5.32 Å². The second-order valence-electron chi connectivity index (χ2n) is 4.86. The van der Waals surface area contributed by atoms with Crippen molar-refractivity contribution in [3.63, 3.8) is 0 Å². The molecule has 2 heterocycles. The first kappa shape index (κ1) is 13.8. The molecule has 110 valence electrons. The lowest BCUT2D eigenvalue weighted by Crippen LogP contribution is -2.07. The Labute approximate surface area is 125 Å². The minimum absolute atomic E-state index is 0.0907. The van der Waals surface area contributed by atoms with Crippen LogP contribution < -0.4 is 10.9 Å². The topological polar surface area (TPSA) is 95.1 Å². The van der Waals surface area contributed by atoms with Crippen LogP contribution in [0.2, 0.25) is 0 Å². The number of hydrogen-bond acceptors (Lipinski definition) is 4. The maximum Gasteiger partial charge on any atom is 0.339 e. The number of rotatable bonds is 3. The monoisotopic (exact) mass is 295 g/mol. The van der Waals surface area contributed by atoms with Crippen molar-refractivity contribution in [2.45, 2.75) is 6.92 Å². The summed E-state index contributed by atoms with van der Waals surface area (Å²) in [6.45, 7) is 1.88. The molecule has 0 amide bonds. The molecule has 2 aromatic heterocycles. The zero-order valence-electron chi connectivity index (χ0n) is 11.8. The summed E-state index contributed by atoms with van der Waals surface area (Å²) < 4.78 is 0. The van der Waals surface area contributed by atoms with Crippen LogP contribution in [-0.4, -0.2) is 21.0 Å². The molecule has 0 radical (unpaired) electrons. The number of carboxylic acids is 1. The van der Waals surface area contributed by atoms with Crippen molar-refractivity contribution in [1.82, 2.24) is 9.97 Å². The molecule has 0 saturated carbocycles. The maximum atomic E-state index is 11.8. The number of fused-ring (bicyclic) bond motifs is 1. The zero-order chi connectivity index (χ0) is 15.7. The summed E-state index contributed by atoms with van der Waals surface area (Å²) >= 11 is 0. The van der Waals surface area contributed by atoms with Gasteiger partial charge in [-0.1, -0.05) is 0 Å². The van der Waals surface area contributed by atoms with Crippen LogP contribution in [0.1, 0.15) is 15.9 Å². The number of carbonyl (C=O) groups is 1. The Bertz CT molecular complexity index is 931. The summed E-state index contributed by atoms with van der Waals surface area (Å²) in [5.41, 5.74) is 2.01. The van der Waals surface area contributed by atoms with Gasteiger partial charge >= 0.3 is 5.97 Å². The predicted molar refractivity (Wildman–Crippen MR) is 83.8 cm³/mol. The lowest BCUT2D eigenvalue weighted by Gasteiger charge is -2.13. The normalized spacial score (nSPS) is 10.6. The van der Waals surface area contributed by atoms with Crippen LogP contribution in [0.4, 0.5) is 11.4 Å². The molecular formula is C16H13N3O3. The molecule has 0 spiro atoms. The van der Waals surface area contributed by atoms with Gasteiger partial charge in [0.15, 0.2) is 0 Å². The van der Waals surface area contributed by atoms with E-state index in [9.17, 15) is 14.7 Å². The molecular weight excluding hydrogens is 282 g/mol. The molecule has 0 aliphatic heterocycles. The van der Waals surface area contributed by atoms with Gasteiger partial charge in [-0.2, -0.15) is 0 Å². The summed E-state index contributed by atoms with van der Waals surface area (Å²) in [6.07, 6.45) is 4.41. The molecule has 3 N–H and O–H groups in total. The molecule has 0 atom stereocenters. The van der Waals surface area contributed by atoms with Crippen molar-refractivity contribution in [1.29, 1.82) is 0 Å². The highest BCUT2D eigenvalue weighted by molar-refractivity contribution is 5.96. The van der Waals surface area contributed by atoms with Crippen molar-refractivity contribution in [3.8, 4) is 0 Å². The number of anilines is 2. The standard InChI is InChI=1S/C16H13N3O3/c1-9-10-4-7-18-15(20)11(10)2-3-13(9)19-14-5-6-17-8-12(14)16(21)22/h2-8H,1H3,(H,17,19)(H,18,20)(H,21,22). The number of nitrogens with one attached hydrogen (secondary N) is 2. The highest BCUT2D eigenvalue weighted by Gasteiger charge is 2.12. The van der Waals surface area contributed by atoms with Gasteiger partial charge in [0.2, 0.25) is 0 Å². The highest BCUT2D eigenvalue weighted by atomic mass is 16.4. The van der Waals surface area contributed by atoms with E-state index < -0.39 is 5.97 Å². The third-order valence-corrected chi connectivity index (χ3v) is 3.54.